The monoisotopic (exact) mass is 306 g/mol. The SMILES string of the molecule is CCCC(=O)NCCNC(=O)OC[C@@H]1[C@@H]2CCC#CCC[C@@H]21. The summed E-state index contributed by atoms with van der Waals surface area (Å²) in [5, 5.41) is 5.42. The maximum absolute atomic E-state index is 11.6. The number of hydrogen-bond acceptors (Lipinski definition) is 3. The van der Waals surface area contributed by atoms with Gasteiger partial charge in [0.2, 0.25) is 5.91 Å². The Morgan fingerprint density at radius 2 is 1.73 bits per heavy atom. The highest BCUT2D eigenvalue weighted by Crippen LogP contribution is 2.52. The average Bonchev–Trinajstić information content (AvgIpc) is 3.11. The van der Waals surface area contributed by atoms with Crippen molar-refractivity contribution in [2.45, 2.75) is 45.4 Å². The van der Waals surface area contributed by atoms with Gasteiger partial charge in [-0.25, -0.2) is 4.79 Å². The van der Waals surface area contributed by atoms with Crippen LogP contribution in [-0.4, -0.2) is 31.7 Å². The Morgan fingerprint density at radius 3 is 2.36 bits per heavy atom. The largest absolute Gasteiger partial charge is 0.449 e. The van der Waals surface area contributed by atoms with Crippen molar-refractivity contribution in [2.75, 3.05) is 19.7 Å². The molecule has 0 aromatic carbocycles. The van der Waals surface area contributed by atoms with E-state index in [2.05, 4.69) is 22.5 Å². The minimum absolute atomic E-state index is 0.0223. The van der Waals surface area contributed by atoms with Gasteiger partial charge in [0.05, 0.1) is 6.61 Å². The molecule has 0 spiro atoms. The summed E-state index contributed by atoms with van der Waals surface area (Å²) in [6.45, 7) is 3.31. The Morgan fingerprint density at radius 1 is 1.09 bits per heavy atom. The Bertz CT molecular complexity index is 435. The number of amides is 2. The zero-order valence-corrected chi connectivity index (χ0v) is 13.3. The summed E-state index contributed by atoms with van der Waals surface area (Å²) in [7, 11) is 0. The van der Waals surface area contributed by atoms with Crippen LogP contribution < -0.4 is 10.6 Å². The molecule has 0 unspecified atom stereocenters. The lowest BCUT2D eigenvalue weighted by atomic mass is 10.1. The van der Waals surface area contributed by atoms with E-state index in [4.69, 9.17) is 4.74 Å². The summed E-state index contributed by atoms with van der Waals surface area (Å²) >= 11 is 0. The predicted octanol–water partition coefficient (Wildman–Crippen LogP) is 2.07. The highest BCUT2D eigenvalue weighted by molar-refractivity contribution is 5.75. The molecule has 1 saturated carbocycles. The van der Waals surface area contributed by atoms with Gasteiger partial charge in [0, 0.05) is 32.4 Å². The van der Waals surface area contributed by atoms with Crippen LogP contribution in [0.2, 0.25) is 0 Å². The highest BCUT2D eigenvalue weighted by atomic mass is 16.5. The van der Waals surface area contributed by atoms with Crippen LogP contribution in [0.25, 0.3) is 0 Å². The zero-order valence-electron chi connectivity index (χ0n) is 13.3. The third-order valence-corrected chi connectivity index (χ3v) is 4.44. The van der Waals surface area contributed by atoms with Crippen LogP contribution >= 0.6 is 0 Å². The summed E-state index contributed by atoms with van der Waals surface area (Å²) in [6, 6.07) is 0. The Hall–Kier alpha value is -1.70. The number of alkyl carbamates (subject to hydrolysis) is 1. The van der Waals surface area contributed by atoms with Crippen LogP contribution in [0, 0.1) is 29.6 Å². The molecule has 0 radical (unpaired) electrons. The molecular formula is C17H26N2O3. The first-order valence-corrected chi connectivity index (χ1v) is 8.35. The van der Waals surface area contributed by atoms with Gasteiger partial charge in [0.15, 0.2) is 0 Å². The maximum atomic E-state index is 11.6. The van der Waals surface area contributed by atoms with E-state index in [-0.39, 0.29) is 12.0 Å². The van der Waals surface area contributed by atoms with Crippen molar-refractivity contribution < 1.29 is 14.3 Å². The minimum Gasteiger partial charge on any atom is -0.449 e. The molecule has 0 heterocycles. The second-order valence-corrected chi connectivity index (χ2v) is 6.05. The van der Waals surface area contributed by atoms with E-state index in [1.54, 1.807) is 0 Å². The third-order valence-electron chi connectivity index (χ3n) is 4.44. The van der Waals surface area contributed by atoms with Gasteiger partial charge in [-0.1, -0.05) is 6.92 Å². The van der Waals surface area contributed by atoms with E-state index in [1.165, 1.54) is 0 Å². The van der Waals surface area contributed by atoms with Crippen LogP contribution in [0.4, 0.5) is 4.79 Å². The van der Waals surface area contributed by atoms with Crippen molar-refractivity contribution in [1.82, 2.24) is 10.6 Å². The molecule has 2 aliphatic rings. The molecule has 3 atom stereocenters. The van der Waals surface area contributed by atoms with Crippen LogP contribution in [0.1, 0.15) is 45.4 Å². The zero-order chi connectivity index (χ0) is 15.8. The molecule has 2 aliphatic carbocycles. The van der Waals surface area contributed by atoms with E-state index in [0.29, 0.717) is 43.9 Å². The molecule has 2 N–H and O–H groups in total. The van der Waals surface area contributed by atoms with E-state index in [9.17, 15) is 9.59 Å². The molecule has 122 valence electrons. The molecular weight excluding hydrogens is 280 g/mol. The minimum atomic E-state index is -0.389. The van der Waals surface area contributed by atoms with E-state index >= 15 is 0 Å². The highest BCUT2D eigenvalue weighted by Gasteiger charge is 2.49. The van der Waals surface area contributed by atoms with E-state index < -0.39 is 0 Å². The number of fused-ring (bicyclic) bond motifs is 1. The Balaban J connectivity index is 1.52. The van der Waals surface area contributed by atoms with E-state index in [1.807, 2.05) is 6.92 Å². The quantitative estimate of drug-likeness (QED) is 0.559. The fourth-order valence-corrected chi connectivity index (χ4v) is 3.19. The normalized spacial score (nSPS) is 25.6. The molecule has 5 nitrogen and oxygen atoms in total. The van der Waals surface area contributed by atoms with Crippen molar-refractivity contribution in [3.63, 3.8) is 0 Å². The number of rotatable bonds is 7. The lowest BCUT2D eigenvalue weighted by Crippen LogP contribution is -2.35. The Kier molecular flexibility index (Phi) is 6.57. The molecule has 5 heteroatoms. The fourth-order valence-electron chi connectivity index (χ4n) is 3.19. The number of ether oxygens (including phenoxy) is 1. The smallest absolute Gasteiger partial charge is 0.407 e. The molecule has 2 rings (SSSR count). The molecule has 2 amide bonds. The average molecular weight is 306 g/mol. The summed E-state index contributed by atoms with van der Waals surface area (Å²) in [5.74, 6) is 8.27. The number of nitrogens with one attached hydrogen (secondary N) is 2. The van der Waals surface area contributed by atoms with Crippen LogP contribution in [-0.2, 0) is 9.53 Å². The summed E-state index contributed by atoms with van der Waals surface area (Å²) in [6.07, 6.45) is 5.19. The van der Waals surface area contributed by atoms with Crippen molar-refractivity contribution in [3.05, 3.63) is 0 Å². The van der Waals surface area contributed by atoms with Gasteiger partial charge in [0.1, 0.15) is 0 Å². The summed E-state index contributed by atoms with van der Waals surface area (Å²) in [4.78, 5) is 22.9. The van der Waals surface area contributed by atoms with Gasteiger partial charge in [0.25, 0.3) is 0 Å². The van der Waals surface area contributed by atoms with Gasteiger partial charge >= 0.3 is 6.09 Å². The van der Waals surface area contributed by atoms with Crippen molar-refractivity contribution in [3.8, 4) is 11.8 Å². The molecule has 0 saturated heterocycles. The van der Waals surface area contributed by atoms with Gasteiger partial charge in [-0.05, 0) is 37.0 Å². The van der Waals surface area contributed by atoms with Crippen molar-refractivity contribution in [2.24, 2.45) is 17.8 Å². The van der Waals surface area contributed by atoms with Gasteiger partial charge < -0.3 is 15.4 Å². The second kappa shape index (κ2) is 8.67. The molecule has 0 bridgehead atoms. The van der Waals surface area contributed by atoms with E-state index in [0.717, 1.165) is 32.1 Å². The van der Waals surface area contributed by atoms with Crippen molar-refractivity contribution in [1.29, 1.82) is 0 Å². The first kappa shape index (κ1) is 16.7. The standard InChI is InChI=1S/C17H26N2O3/c1-2-7-16(20)18-10-11-19-17(21)22-12-15-13-8-5-3-4-6-9-14(13)15/h13-15H,2,5-12H2,1H3,(H,18,20)(H,19,21)/t13-,14+,15-. The number of carbonyl (C=O) groups excluding carboxylic acids is 2. The Labute approximate surface area is 132 Å². The van der Waals surface area contributed by atoms with Gasteiger partial charge in [-0.2, -0.15) is 0 Å². The maximum Gasteiger partial charge on any atom is 0.407 e. The van der Waals surface area contributed by atoms with Gasteiger partial charge in [-0.3, -0.25) is 4.79 Å². The first-order chi connectivity index (χ1) is 10.7. The van der Waals surface area contributed by atoms with Crippen LogP contribution in [0.5, 0.6) is 0 Å². The lowest BCUT2D eigenvalue weighted by Gasteiger charge is -2.08. The molecule has 0 aliphatic heterocycles. The molecule has 22 heavy (non-hydrogen) atoms. The topological polar surface area (TPSA) is 67.4 Å². The molecule has 1 fully saturated rings. The second-order valence-electron chi connectivity index (χ2n) is 6.05. The van der Waals surface area contributed by atoms with Crippen LogP contribution in [0.15, 0.2) is 0 Å². The summed E-state index contributed by atoms with van der Waals surface area (Å²) in [5.41, 5.74) is 0. The molecule has 0 aromatic heterocycles. The predicted molar refractivity (Wildman–Crippen MR) is 84.0 cm³/mol. The number of carbonyl (C=O) groups is 2. The third kappa shape index (κ3) is 5.25. The van der Waals surface area contributed by atoms with Crippen LogP contribution in [0.3, 0.4) is 0 Å². The number of hydrogen-bond donors (Lipinski definition) is 2. The first-order valence-electron chi connectivity index (χ1n) is 8.35. The molecule has 0 aromatic rings. The lowest BCUT2D eigenvalue weighted by molar-refractivity contribution is -0.121. The van der Waals surface area contributed by atoms with Gasteiger partial charge in [-0.15, -0.1) is 11.8 Å². The van der Waals surface area contributed by atoms with Crippen molar-refractivity contribution >= 4 is 12.0 Å². The fraction of sp³-hybridized carbons (Fsp3) is 0.765. The summed E-state index contributed by atoms with van der Waals surface area (Å²) < 4.78 is 5.29.